The summed E-state index contributed by atoms with van der Waals surface area (Å²) in [6.45, 7) is 3.92. The van der Waals surface area contributed by atoms with Crippen LogP contribution >= 0.6 is 11.3 Å². The number of carbonyl (C=O) groups excluding carboxylic acids is 1. The van der Waals surface area contributed by atoms with Crippen molar-refractivity contribution in [3.8, 4) is 16.2 Å². The number of amides is 1. The Labute approximate surface area is 215 Å². The number of benzene rings is 1. The van der Waals surface area contributed by atoms with Crippen LogP contribution in [0, 0.1) is 0 Å². The number of nitrogens with zero attached hydrogens (tertiary/aromatic N) is 4. The van der Waals surface area contributed by atoms with E-state index in [9.17, 15) is 13.2 Å². The van der Waals surface area contributed by atoms with Gasteiger partial charge in [-0.15, -0.1) is 11.3 Å². The van der Waals surface area contributed by atoms with Crippen molar-refractivity contribution in [2.75, 3.05) is 49.2 Å². The van der Waals surface area contributed by atoms with Crippen LogP contribution in [0.1, 0.15) is 12.0 Å². The monoisotopic (exact) mass is 527 g/mol. The lowest BCUT2D eigenvalue weighted by Crippen LogP contribution is -2.46. The van der Waals surface area contributed by atoms with E-state index in [1.165, 1.54) is 4.88 Å². The molecule has 1 aromatic carbocycles. The van der Waals surface area contributed by atoms with Crippen molar-refractivity contribution in [3.63, 3.8) is 0 Å². The Morgan fingerprint density at radius 3 is 2.61 bits per heavy atom. The molecule has 2 aliphatic heterocycles. The molecule has 2 aromatic heterocycles. The predicted molar refractivity (Wildman–Crippen MR) is 140 cm³/mol. The summed E-state index contributed by atoms with van der Waals surface area (Å²) in [6, 6.07) is 11.7. The molecule has 1 atom stereocenters. The van der Waals surface area contributed by atoms with Crippen LogP contribution in [0.2, 0.25) is 0 Å². The van der Waals surface area contributed by atoms with Gasteiger partial charge in [-0.1, -0.05) is 6.07 Å². The van der Waals surface area contributed by atoms with Gasteiger partial charge in [-0.25, -0.2) is 18.4 Å². The fourth-order valence-corrected chi connectivity index (χ4v) is 6.96. The molecule has 1 unspecified atom stereocenters. The van der Waals surface area contributed by atoms with Gasteiger partial charge in [0.05, 0.1) is 11.5 Å². The van der Waals surface area contributed by atoms with Crippen LogP contribution in [0.5, 0.6) is 5.75 Å². The van der Waals surface area contributed by atoms with Crippen molar-refractivity contribution in [3.05, 3.63) is 59.7 Å². The summed E-state index contributed by atoms with van der Waals surface area (Å²) in [7, 11) is -3.05. The number of aromatic nitrogens is 2. The lowest BCUT2D eigenvalue weighted by molar-refractivity contribution is -0.123. The van der Waals surface area contributed by atoms with E-state index in [4.69, 9.17) is 4.74 Å². The van der Waals surface area contributed by atoms with Crippen molar-refractivity contribution in [1.82, 2.24) is 20.2 Å². The summed E-state index contributed by atoms with van der Waals surface area (Å²) in [5.74, 6) is 1.23. The number of carbonyl (C=O) groups is 1. The maximum absolute atomic E-state index is 12.5. The van der Waals surface area contributed by atoms with Crippen LogP contribution < -0.4 is 15.0 Å². The second-order valence-electron chi connectivity index (χ2n) is 9.07. The molecular weight excluding hydrogens is 498 g/mol. The Bertz CT molecular complexity index is 1280. The predicted octanol–water partition coefficient (Wildman–Crippen LogP) is 2.21. The highest BCUT2D eigenvalue weighted by atomic mass is 32.2. The van der Waals surface area contributed by atoms with Gasteiger partial charge < -0.3 is 15.0 Å². The van der Waals surface area contributed by atoms with Crippen LogP contribution in [0.3, 0.4) is 0 Å². The number of thiophene rings is 1. The minimum absolute atomic E-state index is 0.000496. The van der Waals surface area contributed by atoms with E-state index in [0.717, 1.165) is 43.3 Å². The van der Waals surface area contributed by atoms with Gasteiger partial charge >= 0.3 is 0 Å². The summed E-state index contributed by atoms with van der Waals surface area (Å²) in [5.41, 5.74) is 2.13. The van der Waals surface area contributed by atoms with Gasteiger partial charge in [-0.3, -0.25) is 9.69 Å². The lowest BCUT2D eigenvalue weighted by Gasteiger charge is -2.35. The molecule has 0 bridgehead atoms. The average Bonchev–Trinajstić information content (AvgIpc) is 3.54. The van der Waals surface area contributed by atoms with Crippen LogP contribution in [0.25, 0.3) is 10.4 Å². The van der Waals surface area contributed by atoms with Gasteiger partial charge in [-0.2, -0.15) is 0 Å². The zero-order chi connectivity index (χ0) is 25.0. The van der Waals surface area contributed by atoms with Gasteiger partial charge in [0.25, 0.3) is 5.91 Å². The van der Waals surface area contributed by atoms with Crippen molar-refractivity contribution < 1.29 is 17.9 Å². The number of ether oxygens (including phenoxy) is 1. The van der Waals surface area contributed by atoms with Gasteiger partial charge in [0.15, 0.2) is 16.4 Å². The fraction of sp³-hybridized carbons (Fsp3) is 0.400. The second kappa shape index (κ2) is 10.9. The van der Waals surface area contributed by atoms with Crippen molar-refractivity contribution >= 4 is 33.0 Å². The van der Waals surface area contributed by atoms with Crippen molar-refractivity contribution in [1.29, 1.82) is 0 Å². The minimum Gasteiger partial charge on any atom is -0.483 e. The molecule has 0 aliphatic carbocycles. The molecule has 4 heterocycles. The van der Waals surface area contributed by atoms with Crippen LogP contribution in [0.15, 0.2) is 54.2 Å². The molecular formula is C25H29N5O4S2. The summed E-state index contributed by atoms with van der Waals surface area (Å²) in [4.78, 5) is 26.9. The summed E-state index contributed by atoms with van der Waals surface area (Å²) in [6.07, 6.45) is 3.97. The first-order valence-electron chi connectivity index (χ1n) is 12.0. The quantitative estimate of drug-likeness (QED) is 0.476. The molecule has 0 radical (unpaired) electrons. The molecule has 5 rings (SSSR count). The smallest absolute Gasteiger partial charge is 0.258 e. The standard InChI is InChI=1S/C25H29N5O4S2/c31-24(28-21-6-14-36(32,33)18-21)17-34-22-5-4-19(23-3-1-13-35-23)15-20(22)16-29-9-11-30(12-10-29)25-26-7-2-8-27-25/h1-5,7-8,13,15,21H,6,9-12,14,16-18H2,(H,28,31). The molecule has 1 N–H and O–H groups in total. The molecule has 2 aliphatic rings. The maximum atomic E-state index is 12.5. The van der Waals surface area contributed by atoms with Crippen LogP contribution in [-0.4, -0.2) is 79.5 Å². The first-order valence-corrected chi connectivity index (χ1v) is 14.7. The molecule has 1 amide bonds. The van der Waals surface area contributed by atoms with E-state index in [1.54, 1.807) is 23.7 Å². The summed E-state index contributed by atoms with van der Waals surface area (Å²) < 4.78 is 29.3. The van der Waals surface area contributed by atoms with Gasteiger partial charge in [-0.05, 0) is 47.7 Å². The molecule has 9 nitrogen and oxygen atoms in total. The van der Waals surface area contributed by atoms with Gasteiger partial charge in [0.1, 0.15) is 5.75 Å². The highest BCUT2D eigenvalue weighted by Crippen LogP contribution is 2.31. The SMILES string of the molecule is O=C(COc1ccc(-c2cccs2)cc1CN1CCN(c2ncccn2)CC1)NC1CCS(=O)(=O)C1. The van der Waals surface area contributed by atoms with E-state index in [-0.39, 0.29) is 30.1 Å². The number of nitrogens with one attached hydrogen (secondary N) is 1. The Morgan fingerprint density at radius 2 is 1.92 bits per heavy atom. The average molecular weight is 528 g/mol. The third-order valence-electron chi connectivity index (χ3n) is 6.42. The first kappa shape index (κ1) is 24.7. The van der Waals surface area contributed by atoms with E-state index in [0.29, 0.717) is 18.7 Å². The first-order chi connectivity index (χ1) is 17.4. The maximum Gasteiger partial charge on any atom is 0.258 e. The van der Waals surface area contributed by atoms with Gasteiger partial charge in [0, 0.05) is 61.6 Å². The zero-order valence-corrected chi connectivity index (χ0v) is 21.5. The number of sulfone groups is 1. The number of hydrogen-bond donors (Lipinski definition) is 1. The molecule has 0 saturated carbocycles. The second-order valence-corrected chi connectivity index (χ2v) is 12.2. The summed E-state index contributed by atoms with van der Waals surface area (Å²) >= 11 is 1.68. The Kier molecular flexibility index (Phi) is 7.49. The van der Waals surface area contributed by atoms with E-state index in [1.807, 2.05) is 24.3 Å². The topological polar surface area (TPSA) is 105 Å². The third kappa shape index (κ3) is 6.21. The fourth-order valence-electron chi connectivity index (χ4n) is 4.56. The Morgan fingerprint density at radius 1 is 1.11 bits per heavy atom. The Hall–Kier alpha value is -3.02. The third-order valence-corrected chi connectivity index (χ3v) is 9.11. The van der Waals surface area contributed by atoms with E-state index < -0.39 is 9.84 Å². The Balaban J connectivity index is 1.24. The number of hydrogen-bond acceptors (Lipinski definition) is 9. The molecule has 3 aromatic rings. The molecule has 11 heteroatoms. The molecule has 36 heavy (non-hydrogen) atoms. The molecule has 0 spiro atoms. The molecule has 2 saturated heterocycles. The number of piperazine rings is 1. The van der Waals surface area contributed by atoms with Crippen molar-refractivity contribution in [2.24, 2.45) is 0 Å². The van der Waals surface area contributed by atoms with E-state index >= 15 is 0 Å². The largest absolute Gasteiger partial charge is 0.483 e. The lowest BCUT2D eigenvalue weighted by atomic mass is 10.1. The molecule has 2 fully saturated rings. The minimum atomic E-state index is -3.05. The summed E-state index contributed by atoms with van der Waals surface area (Å²) in [5, 5.41) is 4.84. The van der Waals surface area contributed by atoms with Gasteiger partial charge in [0.2, 0.25) is 5.95 Å². The van der Waals surface area contributed by atoms with E-state index in [2.05, 4.69) is 42.6 Å². The van der Waals surface area contributed by atoms with Crippen molar-refractivity contribution in [2.45, 2.75) is 19.0 Å². The van der Waals surface area contributed by atoms with Crippen LogP contribution in [-0.2, 0) is 21.2 Å². The highest BCUT2D eigenvalue weighted by molar-refractivity contribution is 7.91. The zero-order valence-electron chi connectivity index (χ0n) is 19.9. The normalized spacial score (nSPS) is 19.8. The highest BCUT2D eigenvalue weighted by Gasteiger charge is 2.29. The number of anilines is 1. The molecule has 190 valence electrons. The number of rotatable bonds is 8. The van der Waals surface area contributed by atoms with Crippen LogP contribution in [0.4, 0.5) is 5.95 Å².